The molecule has 96 valence electrons. The van der Waals surface area contributed by atoms with E-state index in [1.165, 1.54) is 14.2 Å². The Hall–Kier alpha value is -2.04. The summed E-state index contributed by atoms with van der Waals surface area (Å²) in [6, 6.07) is 7.26. The molecular weight excluding hydrogens is 236 g/mol. The summed E-state index contributed by atoms with van der Waals surface area (Å²) in [5, 5.41) is 0. The lowest BCUT2D eigenvalue weighted by Gasteiger charge is -2.15. The minimum absolute atomic E-state index is 0.0906. The average molecular weight is 250 g/mol. The van der Waals surface area contributed by atoms with Gasteiger partial charge in [0.1, 0.15) is 5.75 Å². The summed E-state index contributed by atoms with van der Waals surface area (Å²) in [6.45, 7) is 0. The predicted octanol–water partition coefficient (Wildman–Crippen LogP) is 1.27. The minimum Gasteiger partial charge on any atom is -0.478 e. The fraction of sp³-hybridized carbons (Fsp3) is 0.385. The van der Waals surface area contributed by atoms with Crippen LogP contribution in [0.25, 0.3) is 0 Å². The van der Waals surface area contributed by atoms with Gasteiger partial charge in [0.2, 0.25) is 6.10 Å². The first-order valence-electron chi connectivity index (χ1n) is 5.57. The normalized spacial score (nSPS) is 20.8. The number of methoxy groups -OCH3 is 2. The van der Waals surface area contributed by atoms with Crippen LogP contribution in [0.15, 0.2) is 24.3 Å². The number of hydrogen-bond acceptors (Lipinski definition) is 5. The molecule has 1 aliphatic rings. The topological polar surface area (TPSA) is 61.8 Å². The molecule has 2 rings (SSSR count). The van der Waals surface area contributed by atoms with Gasteiger partial charge in [-0.1, -0.05) is 18.2 Å². The highest BCUT2D eigenvalue weighted by Crippen LogP contribution is 2.40. The first-order valence-corrected chi connectivity index (χ1v) is 5.57. The van der Waals surface area contributed by atoms with Gasteiger partial charge in [0.05, 0.1) is 20.6 Å². The van der Waals surface area contributed by atoms with Gasteiger partial charge in [0.25, 0.3) is 0 Å². The van der Waals surface area contributed by atoms with Crippen molar-refractivity contribution in [2.24, 2.45) is 0 Å². The van der Waals surface area contributed by atoms with Gasteiger partial charge in [-0.3, -0.25) is 4.79 Å². The largest absolute Gasteiger partial charge is 0.478 e. The lowest BCUT2D eigenvalue weighted by molar-refractivity contribution is -0.150. The van der Waals surface area contributed by atoms with Crippen molar-refractivity contribution in [1.29, 1.82) is 0 Å². The molecule has 0 saturated heterocycles. The molecule has 0 aromatic heterocycles. The standard InChI is InChI=1S/C13H14O5/c1-16-11(14)7-9-8-5-3-4-6-10(8)18-12(9)13(15)17-2/h3-6,9,12H,7H2,1-2H3/t9-,12+/m0/s1. The van der Waals surface area contributed by atoms with Crippen LogP contribution in [0.5, 0.6) is 5.75 Å². The third-order valence-electron chi connectivity index (χ3n) is 2.99. The third-order valence-corrected chi connectivity index (χ3v) is 2.99. The summed E-state index contributed by atoms with van der Waals surface area (Å²) in [4.78, 5) is 23.1. The number of hydrogen-bond donors (Lipinski definition) is 0. The maximum absolute atomic E-state index is 11.7. The summed E-state index contributed by atoms with van der Waals surface area (Å²) in [5.74, 6) is -0.614. The summed E-state index contributed by atoms with van der Waals surface area (Å²) in [7, 11) is 2.61. The monoisotopic (exact) mass is 250 g/mol. The Labute approximate surface area is 105 Å². The number of benzene rings is 1. The SMILES string of the molecule is COC(=O)C[C@H]1c2ccccc2O[C@H]1C(=O)OC. The molecule has 0 N–H and O–H groups in total. The molecule has 18 heavy (non-hydrogen) atoms. The van der Waals surface area contributed by atoms with Gasteiger partial charge >= 0.3 is 11.9 Å². The van der Waals surface area contributed by atoms with Crippen LogP contribution in [0.1, 0.15) is 17.9 Å². The van der Waals surface area contributed by atoms with E-state index in [-0.39, 0.29) is 18.3 Å². The van der Waals surface area contributed by atoms with E-state index in [2.05, 4.69) is 4.74 Å². The fourth-order valence-electron chi connectivity index (χ4n) is 2.08. The van der Waals surface area contributed by atoms with Crippen molar-refractivity contribution in [2.75, 3.05) is 14.2 Å². The molecule has 0 unspecified atom stereocenters. The zero-order valence-corrected chi connectivity index (χ0v) is 10.2. The first kappa shape index (κ1) is 12.4. The smallest absolute Gasteiger partial charge is 0.347 e. The fourth-order valence-corrected chi connectivity index (χ4v) is 2.08. The Balaban J connectivity index is 2.29. The van der Waals surface area contributed by atoms with Gasteiger partial charge < -0.3 is 14.2 Å². The van der Waals surface area contributed by atoms with Gasteiger partial charge in [-0.05, 0) is 6.07 Å². The number of fused-ring (bicyclic) bond motifs is 1. The van der Waals surface area contributed by atoms with E-state index in [9.17, 15) is 9.59 Å². The zero-order valence-electron chi connectivity index (χ0n) is 10.2. The molecule has 0 fully saturated rings. The molecule has 0 radical (unpaired) electrons. The van der Waals surface area contributed by atoms with Crippen molar-refractivity contribution < 1.29 is 23.8 Å². The number of esters is 2. The second-order valence-corrected chi connectivity index (χ2v) is 3.99. The second kappa shape index (κ2) is 5.08. The van der Waals surface area contributed by atoms with Crippen molar-refractivity contribution >= 4 is 11.9 Å². The van der Waals surface area contributed by atoms with Gasteiger partial charge in [0, 0.05) is 11.5 Å². The molecule has 1 heterocycles. The maximum atomic E-state index is 11.7. The summed E-state index contributed by atoms with van der Waals surface area (Å²) in [5.41, 5.74) is 0.832. The van der Waals surface area contributed by atoms with Crippen LogP contribution in [-0.4, -0.2) is 32.3 Å². The third kappa shape index (κ3) is 2.16. The van der Waals surface area contributed by atoms with Gasteiger partial charge in [0.15, 0.2) is 0 Å². The minimum atomic E-state index is -0.786. The summed E-state index contributed by atoms with van der Waals surface area (Å²) < 4.78 is 14.9. The molecule has 0 saturated carbocycles. The van der Waals surface area contributed by atoms with E-state index in [4.69, 9.17) is 9.47 Å². The Bertz CT molecular complexity index is 468. The van der Waals surface area contributed by atoms with E-state index < -0.39 is 12.1 Å². The van der Waals surface area contributed by atoms with Gasteiger partial charge in [-0.15, -0.1) is 0 Å². The Kier molecular flexibility index (Phi) is 3.50. The quantitative estimate of drug-likeness (QED) is 0.756. The molecule has 5 heteroatoms. The molecule has 0 bridgehead atoms. The number of para-hydroxylation sites is 1. The Morgan fingerprint density at radius 2 is 1.94 bits per heavy atom. The van der Waals surface area contributed by atoms with E-state index >= 15 is 0 Å². The predicted molar refractivity (Wildman–Crippen MR) is 62.2 cm³/mol. The van der Waals surface area contributed by atoms with E-state index in [1.54, 1.807) is 6.07 Å². The van der Waals surface area contributed by atoms with Crippen molar-refractivity contribution in [3.63, 3.8) is 0 Å². The van der Waals surface area contributed by atoms with Crippen molar-refractivity contribution in [3.05, 3.63) is 29.8 Å². The number of carbonyl (C=O) groups excluding carboxylic acids is 2. The Morgan fingerprint density at radius 3 is 2.61 bits per heavy atom. The highest BCUT2D eigenvalue weighted by atomic mass is 16.6. The molecule has 1 aromatic carbocycles. The number of rotatable bonds is 3. The van der Waals surface area contributed by atoms with E-state index in [1.807, 2.05) is 18.2 Å². The van der Waals surface area contributed by atoms with Crippen LogP contribution in [0.4, 0.5) is 0 Å². The lowest BCUT2D eigenvalue weighted by atomic mass is 9.92. The molecular formula is C13H14O5. The summed E-state index contributed by atoms with van der Waals surface area (Å²) >= 11 is 0. The molecule has 0 aliphatic carbocycles. The molecule has 2 atom stereocenters. The van der Waals surface area contributed by atoms with Crippen LogP contribution < -0.4 is 4.74 Å². The highest BCUT2D eigenvalue weighted by molar-refractivity contribution is 5.80. The maximum Gasteiger partial charge on any atom is 0.347 e. The molecule has 0 amide bonds. The molecule has 0 spiro atoms. The summed E-state index contributed by atoms with van der Waals surface area (Å²) in [6.07, 6.45) is -0.695. The van der Waals surface area contributed by atoms with Crippen LogP contribution in [0, 0.1) is 0 Å². The second-order valence-electron chi connectivity index (χ2n) is 3.99. The number of carbonyl (C=O) groups is 2. The molecule has 5 nitrogen and oxygen atoms in total. The van der Waals surface area contributed by atoms with Crippen molar-refractivity contribution in [2.45, 2.75) is 18.4 Å². The van der Waals surface area contributed by atoms with Crippen LogP contribution in [0.2, 0.25) is 0 Å². The van der Waals surface area contributed by atoms with E-state index in [0.29, 0.717) is 5.75 Å². The average Bonchev–Trinajstić information content (AvgIpc) is 2.77. The van der Waals surface area contributed by atoms with Gasteiger partial charge in [-0.25, -0.2) is 4.79 Å². The number of ether oxygens (including phenoxy) is 3. The van der Waals surface area contributed by atoms with E-state index in [0.717, 1.165) is 5.56 Å². The first-order chi connectivity index (χ1) is 8.67. The Morgan fingerprint density at radius 1 is 1.22 bits per heavy atom. The lowest BCUT2D eigenvalue weighted by Crippen LogP contribution is -2.31. The van der Waals surface area contributed by atoms with Crippen molar-refractivity contribution in [3.8, 4) is 5.75 Å². The van der Waals surface area contributed by atoms with Crippen LogP contribution in [0.3, 0.4) is 0 Å². The van der Waals surface area contributed by atoms with Crippen LogP contribution >= 0.6 is 0 Å². The van der Waals surface area contributed by atoms with Gasteiger partial charge in [-0.2, -0.15) is 0 Å². The molecule has 1 aromatic rings. The highest BCUT2D eigenvalue weighted by Gasteiger charge is 2.41. The zero-order chi connectivity index (χ0) is 13.1. The van der Waals surface area contributed by atoms with Crippen molar-refractivity contribution in [1.82, 2.24) is 0 Å². The molecule has 1 aliphatic heterocycles. The van der Waals surface area contributed by atoms with Crippen LogP contribution in [-0.2, 0) is 19.1 Å².